The molecular weight excluding hydrogens is 232 g/mol. The molecule has 1 aliphatic rings. The van der Waals surface area contributed by atoms with E-state index in [2.05, 4.69) is 22.8 Å². The summed E-state index contributed by atoms with van der Waals surface area (Å²) in [7, 11) is 2.01. The lowest BCUT2D eigenvalue weighted by atomic mass is 9.81. The third-order valence-electron chi connectivity index (χ3n) is 3.63. The van der Waals surface area contributed by atoms with Crippen LogP contribution in [0.2, 0.25) is 5.02 Å². The van der Waals surface area contributed by atoms with Crippen molar-refractivity contribution in [2.24, 2.45) is 5.92 Å². The maximum absolute atomic E-state index is 6.33. The number of nitrogens with one attached hydrogen (secondary N) is 2. The fourth-order valence-electron chi connectivity index (χ4n) is 2.75. The van der Waals surface area contributed by atoms with Crippen LogP contribution in [0.3, 0.4) is 0 Å². The second-order valence-electron chi connectivity index (χ2n) is 4.79. The molecule has 1 aliphatic heterocycles. The molecule has 0 saturated carbocycles. The number of hydrogen-bond acceptors (Lipinski definition) is 2. The summed E-state index contributed by atoms with van der Waals surface area (Å²) < 4.78 is 0. The molecule has 1 saturated heterocycles. The molecule has 0 radical (unpaired) electrons. The lowest BCUT2D eigenvalue weighted by Crippen LogP contribution is -2.36. The minimum Gasteiger partial charge on any atom is -0.319 e. The van der Waals surface area contributed by atoms with Crippen molar-refractivity contribution < 1.29 is 0 Å². The van der Waals surface area contributed by atoms with Crippen molar-refractivity contribution in [3.8, 4) is 0 Å². The van der Waals surface area contributed by atoms with E-state index in [1.54, 1.807) is 0 Å². The summed E-state index contributed by atoms with van der Waals surface area (Å²) in [5.74, 6) is 1.21. The van der Waals surface area contributed by atoms with Crippen LogP contribution in [-0.4, -0.2) is 26.7 Å². The van der Waals surface area contributed by atoms with Gasteiger partial charge in [0.25, 0.3) is 0 Å². The molecule has 94 valence electrons. The van der Waals surface area contributed by atoms with Crippen LogP contribution < -0.4 is 10.6 Å². The first kappa shape index (κ1) is 12.9. The third kappa shape index (κ3) is 3.21. The highest BCUT2D eigenvalue weighted by molar-refractivity contribution is 6.31. The standard InChI is InChI=1S/C14H21ClN2/c1-16-10-13(11-5-4-8-17-9-11)12-6-2-3-7-14(12)15/h2-3,6-7,11,13,16-17H,4-5,8-10H2,1H3. The quantitative estimate of drug-likeness (QED) is 0.861. The van der Waals surface area contributed by atoms with Crippen molar-refractivity contribution in [3.63, 3.8) is 0 Å². The number of likely N-dealkylation sites (N-methyl/N-ethyl adjacent to an activating group) is 1. The van der Waals surface area contributed by atoms with Crippen LogP contribution in [0.4, 0.5) is 0 Å². The van der Waals surface area contributed by atoms with E-state index in [0.717, 1.165) is 24.7 Å². The summed E-state index contributed by atoms with van der Waals surface area (Å²) in [6.07, 6.45) is 2.57. The minimum atomic E-state index is 0.515. The largest absolute Gasteiger partial charge is 0.319 e. The van der Waals surface area contributed by atoms with Crippen molar-refractivity contribution in [1.29, 1.82) is 0 Å². The topological polar surface area (TPSA) is 24.1 Å². The van der Waals surface area contributed by atoms with E-state index < -0.39 is 0 Å². The van der Waals surface area contributed by atoms with Crippen molar-refractivity contribution >= 4 is 11.6 Å². The summed E-state index contributed by atoms with van der Waals surface area (Å²) >= 11 is 6.33. The molecule has 0 bridgehead atoms. The molecule has 17 heavy (non-hydrogen) atoms. The van der Waals surface area contributed by atoms with E-state index in [1.165, 1.54) is 18.4 Å². The molecular formula is C14H21ClN2. The maximum Gasteiger partial charge on any atom is 0.0441 e. The Morgan fingerprint density at radius 3 is 2.94 bits per heavy atom. The molecule has 1 aromatic carbocycles. The molecule has 2 N–H and O–H groups in total. The van der Waals surface area contributed by atoms with Crippen LogP contribution in [0, 0.1) is 5.92 Å². The SMILES string of the molecule is CNCC(c1ccccc1Cl)C1CCCNC1. The van der Waals surface area contributed by atoms with Crippen LogP contribution in [-0.2, 0) is 0 Å². The number of hydrogen-bond donors (Lipinski definition) is 2. The van der Waals surface area contributed by atoms with Crippen molar-refractivity contribution in [3.05, 3.63) is 34.9 Å². The Kier molecular flexibility index (Phi) is 4.84. The highest BCUT2D eigenvalue weighted by atomic mass is 35.5. The lowest BCUT2D eigenvalue weighted by molar-refractivity contribution is 0.317. The van der Waals surface area contributed by atoms with Gasteiger partial charge in [-0.1, -0.05) is 29.8 Å². The van der Waals surface area contributed by atoms with Crippen LogP contribution >= 0.6 is 11.6 Å². The second kappa shape index (κ2) is 6.39. The number of piperidine rings is 1. The molecule has 0 aliphatic carbocycles. The summed E-state index contributed by atoms with van der Waals surface area (Å²) in [5.41, 5.74) is 1.29. The molecule has 0 amide bonds. The van der Waals surface area contributed by atoms with Gasteiger partial charge in [-0.15, -0.1) is 0 Å². The molecule has 2 nitrogen and oxygen atoms in total. The molecule has 2 unspecified atom stereocenters. The van der Waals surface area contributed by atoms with Gasteiger partial charge >= 0.3 is 0 Å². The highest BCUT2D eigenvalue weighted by Gasteiger charge is 2.25. The van der Waals surface area contributed by atoms with E-state index in [1.807, 2.05) is 19.2 Å². The molecule has 1 fully saturated rings. The van der Waals surface area contributed by atoms with E-state index in [4.69, 9.17) is 11.6 Å². The first-order valence-electron chi connectivity index (χ1n) is 6.42. The number of benzene rings is 1. The van der Waals surface area contributed by atoms with E-state index in [9.17, 15) is 0 Å². The zero-order valence-electron chi connectivity index (χ0n) is 10.4. The first-order chi connectivity index (χ1) is 8.33. The van der Waals surface area contributed by atoms with Crippen molar-refractivity contribution in [2.45, 2.75) is 18.8 Å². The monoisotopic (exact) mass is 252 g/mol. The molecule has 3 heteroatoms. The highest BCUT2D eigenvalue weighted by Crippen LogP contribution is 2.33. The molecule has 1 heterocycles. The molecule has 0 spiro atoms. The Hall–Kier alpha value is -0.570. The van der Waals surface area contributed by atoms with Crippen LogP contribution in [0.25, 0.3) is 0 Å². The Morgan fingerprint density at radius 2 is 2.29 bits per heavy atom. The summed E-state index contributed by atoms with van der Waals surface area (Å²) in [5, 5.41) is 7.70. The average molecular weight is 253 g/mol. The third-order valence-corrected chi connectivity index (χ3v) is 3.98. The number of rotatable bonds is 4. The fraction of sp³-hybridized carbons (Fsp3) is 0.571. The maximum atomic E-state index is 6.33. The van der Waals surface area contributed by atoms with Gasteiger partial charge in [-0.3, -0.25) is 0 Å². The minimum absolute atomic E-state index is 0.515. The fourth-order valence-corrected chi connectivity index (χ4v) is 3.02. The zero-order valence-corrected chi connectivity index (χ0v) is 11.1. The predicted octanol–water partition coefficient (Wildman–Crippen LogP) is 2.64. The van der Waals surface area contributed by atoms with Gasteiger partial charge in [0.05, 0.1) is 0 Å². The Bertz CT molecular complexity index is 348. The van der Waals surface area contributed by atoms with Gasteiger partial charge in [0.15, 0.2) is 0 Å². The average Bonchev–Trinajstić information content (AvgIpc) is 2.38. The second-order valence-corrected chi connectivity index (χ2v) is 5.20. The Balaban J connectivity index is 2.18. The van der Waals surface area contributed by atoms with Gasteiger partial charge < -0.3 is 10.6 Å². The molecule has 2 atom stereocenters. The van der Waals surface area contributed by atoms with Crippen LogP contribution in [0.15, 0.2) is 24.3 Å². The molecule has 1 aromatic rings. The van der Waals surface area contributed by atoms with Crippen LogP contribution in [0.1, 0.15) is 24.3 Å². The van der Waals surface area contributed by atoms with E-state index >= 15 is 0 Å². The van der Waals surface area contributed by atoms with Gasteiger partial charge in [-0.05, 0) is 50.5 Å². The predicted molar refractivity (Wildman–Crippen MR) is 73.7 cm³/mol. The van der Waals surface area contributed by atoms with Crippen molar-refractivity contribution in [1.82, 2.24) is 10.6 Å². The smallest absolute Gasteiger partial charge is 0.0441 e. The Morgan fingerprint density at radius 1 is 1.47 bits per heavy atom. The van der Waals surface area contributed by atoms with Crippen LogP contribution in [0.5, 0.6) is 0 Å². The normalized spacial score (nSPS) is 22.4. The van der Waals surface area contributed by atoms with Crippen molar-refractivity contribution in [2.75, 3.05) is 26.7 Å². The summed E-state index contributed by atoms with van der Waals surface area (Å²) in [6.45, 7) is 3.26. The van der Waals surface area contributed by atoms with Gasteiger partial charge in [-0.25, -0.2) is 0 Å². The molecule has 0 aromatic heterocycles. The molecule has 2 rings (SSSR count). The number of halogens is 1. The van der Waals surface area contributed by atoms with Gasteiger partial charge in [0, 0.05) is 17.5 Å². The summed E-state index contributed by atoms with van der Waals surface area (Å²) in [6, 6.07) is 8.25. The van der Waals surface area contributed by atoms with E-state index in [0.29, 0.717) is 11.8 Å². The first-order valence-corrected chi connectivity index (χ1v) is 6.80. The summed E-state index contributed by atoms with van der Waals surface area (Å²) in [4.78, 5) is 0. The van der Waals surface area contributed by atoms with Gasteiger partial charge in [-0.2, -0.15) is 0 Å². The van der Waals surface area contributed by atoms with Gasteiger partial charge in [0.1, 0.15) is 0 Å². The van der Waals surface area contributed by atoms with E-state index in [-0.39, 0.29) is 0 Å². The Labute approximate surface area is 109 Å². The van der Waals surface area contributed by atoms with Gasteiger partial charge in [0.2, 0.25) is 0 Å². The lowest BCUT2D eigenvalue weighted by Gasteiger charge is -2.31. The zero-order chi connectivity index (χ0) is 12.1.